The lowest BCUT2D eigenvalue weighted by molar-refractivity contribution is -0.870. The molecule has 0 fully saturated rings. The van der Waals surface area contributed by atoms with E-state index in [4.69, 9.17) is 9.05 Å². The first-order valence-electron chi connectivity index (χ1n) is 36.9. The highest BCUT2D eigenvalue weighted by atomic mass is 31.2. The molecule has 0 heterocycles. The standard InChI is InChI=1S/C77H143N2O6P/c1-6-8-10-12-14-16-18-20-22-24-26-28-30-32-34-36-38-39-41-43-45-47-49-51-53-55-57-59-61-63-65-67-69-71-77(81)78-75(74-85-86(82,83)84-73-72-79(3,4)5)76(80)70-68-66-64-62-60-58-56-54-52-50-48-46-44-42-40-37-35-33-31-29-27-25-23-21-19-17-15-13-11-9-7-2/h8,10,14,16,20,22,26,28,52,54,60,62,68,70,75-76,80H,6-7,9,11-13,15,17-19,21,23-25,27,29-51,53,55-59,61,63-67,69,71-74H2,1-5H3,(H-,78,81,82,83)/b10-8-,16-14-,22-20-,28-26-,54-52+,62-60+,70-68+. The molecule has 0 aliphatic heterocycles. The number of likely N-dealkylation sites (N-methyl/N-ethyl adjacent to an activating group) is 1. The van der Waals surface area contributed by atoms with E-state index in [1.807, 2.05) is 27.2 Å². The molecule has 502 valence electrons. The van der Waals surface area contributed by atoms with Crippen LogP contribution in [0.1, 0.15) is 348 Å². The zero-order valence-corrected chi connectivity index (χ0v) is 58.4. The van der Waals surface area contributed by atoms with Crippen molar-refractivity contribution in [1.29, 1.82) is 0 Å². The molecule has 0 aromatic rings. The predicted octanol–water partition coefficient (Wildman–Crippen LogP) is 23.3. The van der Waals surface area contributed by atoms with Gasteiger partial charge in [0.1, 0.15) is 13.2 Å². The van der Waals surface area contributed by atoms with Crippen LogP contribution in [0.5, 0.6) is 0 Å². The molecule has 2 N–H and O–H groups in total. The third kappa shape index (κ3) is 69.2. The maximum atomic E-state index is 13.0. The van der Waals surface area contributed by atoms with Gasteiger partial charge < -0.3 is 28.8 Å². The Balaban J connectivity index is 4.08. The molecule has 0 rings (SSSR count). The molecule has 86 heavy (non-hydrogen) atoms. The number of nitrogens with one attached hydrogen (secondary N) is 1. The number of carbonyl (C=O) groups is 1. The van der Waals surface area contributed by atoms with Crippen LogP contribution < -0.4 is 10.2 Å². The largest absolute Gasteiger partial charge is 0.756 e. The Labute approximate surface area is 535 Å². The van der Waals surface area contributed by atoms with Crippen LogP contribution in [0, 0.1) is 0 Å². The van der Waals surface area contributed by atoms with E-state index in [0.717, 1.165) is 70.6 Å². The van der Waals surface area contributed by atoms with Gasteiger partial charge in [-0.1, -0.05) is 343 Å². The lowest BCUT2D eigenvalue weighted by atomic mass is 10.0. The van der Waals surface area contributed by atoms with Crippen molar-refractivity contribution in [3.05, 3.63) is 85.1 Å². The van der Waals surface area contributed by atoms with Crippen LogP contribution in [0.3, 0.4) is 0 Å². The Morgan fingerprint density at radius 3 is 1.08 bits per heavy atom. The molecular formula is C77H143N2O6P. The van der Waals surface area contributed by atoms with E-state index in [2.05, 4.69) is 92.1 Å². The molecule has 0 aromatic carbocycles. The quantitative estimate of drug-likeness (QED) is 0.0272. The maximum Gasteiger partial charge on any atom is 0.268 e. The van der Waals surface area contributed by atoms with Crippen LogP contribution in [0.4, 0.5) is 0 Å². The summed E-state index contributed by atoms with van der Waals surface area (Å²) in [6, 6.07) is -0.914. The zero-order chi connectivity index (χ0) is 62.6. The number of allylic oxidation sites excluding steroid dienone is 13. The molecule has 0 aliphatic carbocycles. The van der Waals surface area contributed by atoms with E-state index in [-0.39, 0.29) is 12.5 Å². The third-order valence-corrected chi connectivity index (χ3v) is 17.5. The minimum atomic E-state index is -4.62. The van der Waals surface area contributed by atoms with Crippen LogP contribution in [-0.2, 0) is 18.4 Å². The third-order valence-electron chi connectivity index (χ3n) is 16.6. The second-order valence-electron chi connectivity index (χ2n) is 26.3. The normalized spacial score (nSPS) is 14.1. The lowest BCUT2D eigenvalue weighted by Gasteiger charge is -2.29. The van der Waals surface area contributed by atoms with E-state index in [1.54, 1.807) is 6.08 Å². The molecule has 1 amide bonds. The molecule has 3 atom stereocenters. The number of unbranched alkanes of at least 4 members (excludes halogenated alkanes) is 43. The van der Waals surface area contributed by atoms with Crippen molar-refractivity contribution < 1.29 is 32.9 Å². The number of aliphatic hydroxyl groups excluding tert-OH is 1. The van der Waals surface area contributed by atoms with Gasteiger partial charge >= 0.3 is 0 Å². The van der Waals surface area contributed by atoms with Gasteiger partial charge in [-0.3, -0.25) is 9.36 Å². The molecule has 9 heteroatoms. The van der Waals surface area contributed by atoms with Crippen LogP contribution in [0.2, 0.25) is 0 Å². The summed E-state index contributed by atoms with van der Waals surface area (Å²) in [6.45, 7) is 4.55. The number of nitrogens with zero attached hydrogens (tertiary/aromatic N) is 1. The lowest BCUT2D eigenvalue weighted by Crippen LogP contribution is -2.45. The molecule has 0 saturated heterocycles. The number of carbonyl (C=O) groups excluding carboxylic acids is 1. The maximum absolute atomic E-state index is 13.0. The minimum absolute atomic E-state index is 0.0101. The summed E-state index contributed by atoms with van der Waals surface area (Å²) in [5, 5.41) is 14.0. The van der Waals surface area contributed by atoms with Gasteiger partial charge in [-0.05, 0) is 83.5 Å². The highest BCUT2D eigenvalue weighted by Gasteiger charge is 2.23. The van der Waals surface area contributed by atoms with Gasteiger partial charge in [0.2, 0.25) is 5.91 Å². The van der Waals surface area contributed by atoms with Gasteiger partial charge in [-0.2, -0.15) is 0 Å². The van der Waals surface area contributed by atoms with Crippen molar-refractivity contribution in [3.63, 3.8) is 0 Å². The number of hydrogen-bond donors (Lipinski definition) is 2. The molecule has 0 bridgehead atoms. The molecule has 0 saturated carbocycles. The summed E-state index contributed by atoms with van der Waals surface area (Å²) in [5.41, 5.74) is 0. The first-order valence-corrected chi connectivity index (χ1v) is 38.4. The molecule has 0 aliphatic rings. The number of rotatable bonds is 68. The monoisotopic (exact) mass is 1220 g/mol. The van der Waals surface area contributed by atoms with Crippen molar-refractivity contribution in [3.8, 4) is 0 Å². The molecule has 0 aromatic heterocycles. The van der Waals surface area contributed by atoms with Gasteiger partial charge in [0, 0.05) is 6.42 Å². The first-order chi connectivity index (χ1) is 42.0. The van der Waals surface area contributed by atoms with Gasteiger partial charge in [-0.25, -0.2) is 0 Å². The Hall–Kier alpha value is -2.32. The highest BCUT2D eigenvalue weighted by molar-refractivity contribution is 7.45. The summed E-state index contributed by atoms with van der Waals surface area (Å²) in [7, 11) is 1.24. The second-order valence-corrected chi connectivity index (χ2v) is 27.7. The summed E-state index contributed by atoms with van der Waals surface area (Å²) in [6.07, 6.45) is 95.9. The summed E-state index contributed by atoms with van der Waals surface area (Å²) < 4.78 is 23.5. The van der Waals surface area contributed by atoms with Crippen molar-refractivity contribution in [2.45, 2.75) is 360 Å². The second kappa shape index (κ2) is 67.1. The van der Waals surface area contributed by atoms with Gasteiger partial charge in [0.05, 0.1) is 39.9 Å². The SMILES string of the molecule is CC/C=C\C/C=C\C/C=C\C/C=C\CCCCCCCCCCCCCCCCCCCCCCC(=O)NC(COP(=O)([O-])OCC[N+](C)(C)C)C(O)/C=C/CC/C=C/CC/C=C/CCCCCCCCCCCCCCCCCCCCCCC. The highest BCUT2D eigenvalue weighted by Crippen LogP contribution is 2.38. The summed E-state index contributed by atoms with van der Waals surface area (Å²) in [4.78, 5) is 25.7. The number of phosphoric acid groups is 1. The van der Waals surface area contributed by atoms with Gasteiger partial charge in [-0.15, -0.1) is 0 Å². The fraction of sp³-hybridized carbons (Fsp3) is 0.805. The van der Waals surface area contributed by atoms with Gasteiger partial charge in [0.15, 0.2) is 0 Å². The van der Waals surface area contributed by atoms with E-state index in [9.17, 15) is 19.4 Å². The molecule has 0 spiro atoms. The van der Waals surface area contributed by atoms with Crippen molar-refractivity contribution in [2.24, 2.45) is 0 Å². The molecular weight excluding hydrogens is 1080 g/mol. The fourth-order valence-corrected chi connectivity index (χ4v) is 11.6. The smallest absolute Gasteiger partial charge is 0.268 e. The Morgan fingerprint density at radius 1 is 0.419 bits per heavy atom. The Morgan fingerprint density at radius 2 is 0.721 bits per heavy atom. The van der Waals surface area contributed by atoms with Crippen molar-refractivity contribution >= 4 is 13.7 Å². The minimum Gasteiger partial charge on any atom is -0.756 e. The topological polar surface area (TPSA) is 108 Å². The van der Waals surface area contributed by atoms with E-state index in [0.29, 0.717) is 17.4 Å². The van der Waals surface area contributed by atoms with E-state index >= 15 is 0 Å². The van der Waals surface area contributed by atoms with E-state index in [1.165, 1.54) is 257 Å². The number of hydrogen-bond acceptors (Lipinski definition) is 6. The number of amides is 1. The van der Waals surface area contributed by atoms with Crippen LogP contribution in [0.25, 0.3) is 0 Å². The molecule has 0 radical (unpaired) electrons. The predicted molar refractivity (Wildman–Crippen MR) is 376 cm³/mol. The zero-order valence-electron chi connectivity index (χ0n) is 57.5. The van der Waals surface area contributed by atoms with E-state index < -0.39 is 26.6 Å². The van der Waals surface area contributed by atoms with Crippen LogP contribution in [0.15, 0.2) is 85.1 Å². The Kier molecular flexibility index (Phi) is 65.3. The number of aliphatic hydroxyl groups is 1. The summed E-state index contributed by atoms with van der Waals surface area (Å²) in [5.74, 6) is -0.207. The molecule has 3 unspecified atom stereocenters. The van der Waals surface area contributed by atoms with Crippen LogP contribution >= 0.6 is 7.82 Å². The number of phosphoric ester groups is 1. The average molecular weight is 1220 g/mol. The van der Waals surface area contributed by atoms with Gasteiger partial charge in [0.25, 0.3) is 7.82 Å². The van der Waals surface area contributed by atoms with Crippen molar-refractivity contribution in [1.82, 2.24) is 5.32 Å². The van der Waals surface area contributed by atoms with Crippen LogP contribution in [-0.4, -0.2) is 68.5 Å². The summed E-state index contributed by atoms with van der Waals surface area (Å²) >= 11 is 0. The first kappa shape index (κ1) is 83.7. The average Bonchev–Trinajstić information content (AvgIpc) is 3.70. The Bertz CT molecular complexity index is 1680. The molecule has 8 nitrogen and oxygen atoms in total. The van der Waals surface area contributed by atoms with Crippen molar-refractivity contribution in [2.75, 3.05) is 40.9 Å². The number of quaternary nitrogens is 1. The fourth-order valence-electron chi connectivity index (χ4n) is 10.9.